The molecule has 0 aromatic heterocycles. The van der Waals surface area contributed by atoms with Gasteiger partial charge in [-0.05, 0) is 49.4 Å². The lowest BCUT2D eigenvalue weighted by Crippen LogP contribution is -2.51. The van der Waals surface area contributed by atoms with Gasteiger partial charge >= 0.3 is 0 Å². The Morgan fingerprint density at radius 1 is 1.07 bits per heavy atom. The number of aryl methyl sites for hydroxylation is 1. The van der Waals surface area contributed by atoms with Gasteiger partial charge in [0.2, 0.25) is 15.9 Å². The average Bonchev–Trinajstić information content (AvgIpc) is 2.72. The fraction of sp³-hybridized carbons (Fsp3) is 0.409. The van der Waals surface area contributed by atoms with Gasteiger partial charge in [-0.3, -0.25) is 4.79 Å². The minimum absolute atomic E-state index is 0.0995. The Morgan fingerprint density at radius 3 is 2.39 bits per heavy atom. The van der Waals surface area contributed by atoms with Crippen LogP contribution < -0.4 is 5.32 Å². The van der Waals surface area contributed by atoms with Crippen molar-refractivity contribution in [1.82, 2.24) is 9.62 Å². The van der Waals surface area contributed by atoms with Crippen LogP contribution in [0, 0.1) is 5.41 Å². The van der Waals surface area contributed by atoms with E-state index in [2.05, 4.69) is 5.32 Å². The van der Waals surface area contributed by atoms with Crippen LogP contribution in [0.5, 0.6) is 0 Å². The maximum absolute atomic E-state index is 13.1. The monoisotopic (exact) mass is 400 g/mol. The molecule has 1 heterocycles. The van der Waals surface area contributed by atoms with Gasteiger partial charge in [0.15, 0.2) is 0 Å². The number of sulfonamides is 1. The lowest BCUT2D eigenvalue weighted by Gasteiger charge is -2.38. The summed E-state index contributed by atoms with van der Waals surface area (Å²) in [6.45, 7) is 4.98. The lowest BCUT2D eigenvalue weighted by atomic mass is 9.82. The van der Waals surface area contributed by atoms with Gasteiger partial charge < -0.3 is 5.32 Å². The van der Waals surface area contributed by atoms with Crippen LogP contribution in [0.4, 0.5) is 0 Å². The number of nitrogens with zero attached hydrogens (tertiary/aromatic N) is 1. The molecule has 1 atom stereocenters. The minimum Gasteiger partial charge on any atom is -0.352 e. The summed E-state index contributed by atoms with van der Waals surface area (Å²) in [6, 6.07) is 16.7. The van der Waals surface area contributed by atoms with E-state index < -0.39 is 15.4 Å². The van der Waals surface area contributed by atoms with E-state index in [-0.39, 0.29) is 12.5 Å². The third kappa shape index (κ3) is 4.45. The molecule has 0 aliphatic carbocycles. The van der Waals surface area contributed by atoms with Gasteiger partial charge in [0.25, 0.3) is 0 Å². The zero-order valence-electron chi connectivity index (χ0n) is 16.5. The molecule has 1 fully saturated rings. The SMILES string of the molecule is CCc1ccc(S(=O)(=O)N2CCC[C@](C)(C(=O)NCc3ccccc3)C2)cc1. The van der Waals surface area contributed by atoms with Crippen LogP contribution in [0.15, 0.2) is 59.5 Å². The number of rotatable bonds is 6. The number of benzene rings is 2. The van der Waals surface area contributed by atoms with Crippen LogP contribution in [-0.2, 0) is 27.8 Å². The smallest absolute Gasteiger partial charge is 0.243 e. The Bertz CT molecular complexity index is 911. The first-order chi connectivity index (χ1) is 13.3. The molecule has 6 heteroatoms. The summed E-state index contributed by atoms with van der Waals surface area (Å²) in [7, 11) is -3.61. The van der Waals surface area contributed by atoms with Crippen molar-refractivity contribution in [2.75, 3.05) is 13.1 Å². The molecule has 3 rings (SSSR count). The van der Waals surface area contributed by atoms with Gasteiger partial charge in [0, 0.05) is 19.6 Å². The Balaban J connectivity index is 1.71. The fourth-order valence-corrected chi connectivity index (χ4v) is 5.22. The molecule has 5 nitrogen and oxygen atoms in total. The number of hydrogen-bond donors (Lipinski definition) is 1. The number of piperidine rings is 1. The summed E-state index contributed by atoms with van der Waals surface area (Å²) in [5, 5.41) is 2.98. The van der Waals surface area contributed by atoms with Gasteiger partial charge in [0.1, 0.15) is 0 Å². The molecule has 1 aliphatic heterocycles. The molecule has 1 saturated heterocycles. The maximum Gasteiger partial charge on any atom is 0.243 e. The lowest BCUT2D eigenvalue weighted by molar-refractivity contribution is -0.132. The molecule has 0 spiro atoms. The second-order valence-corrected chi connectivity index (χ2v) is 9.61. The molecular formula is C22H28N2O3S. The zero-order chi connectivity index (χ0) is 20.2. The summed E-state index contributed by atoms with van der Waals surface area (Å²) in [5.41, 5.74) is 1.39. The largest absolute Gasteiger partial charge is 0.352 e. The number of carbonyl (C=O) groups is 1. The number of nitrogens with one attached hydrogen (secondary N) is 1. The highest BCUT2D eigenvalue weighted by Gasteiger charge is 2.41. The molecule has 0 saturated carbocycles. The molecule has 1 N–H and O–H groups in total. The van der Waals surface area contributed by atoms with Crippen molar-refractivity contribution in [3.8, 4) is 0 Å². The maximum atomic E-state index is 13.1. The molecular weight excluding hydrogens is 372 g/mol. The summed E-state index contributed by atoms with van der Waals surface area (Å²) < 4.78 is 27.6. The van der Waals surface area contributed by atoms with Crippen LogP contribution in [0.25, 0.3) is 0 Å². The Morgan fingerprint density at radius 2 is 1.75 bits per heavy atom. The highest BCUT2D eigenvalue weighted by molar-refractivity contribution is 7.89. The first kappa shape index (κ1) is 20.6. The Kier molecular flexibility index (Phi) is 6.20. The van der Waals surface area contributed by atoms with Crippen LogP contribution in [0.2, 0.25) is 0 Å². The van der Waals surface area contributed by atoms with Crippen LogP contribution in [0.1, 0.15) is 37.8 Å². The van der Waals surface area contributed by atoms with E-state index in [1.165, 1.54) is 4.31 Å². The zero-order valence-corrected chi connectivity index (χ0v) is 17.3. The van der Waals surface area contributed by atoms with Crippen molar-refractivity contribution in [3.63, 3.8) is 0 Å². The second kappa shape index (κ2) is 8.45. The van der Waals surface area contributed by atoms with Crippen molar-refractivity contribution in [2.45, 2.75) is 44.6 Å². The van der Waals surface area contributed by atoms with E-state index in [4.69, 9.17) is 0 Å². The molecule has 0 bridgehead atoms. The predicted octanol–water partition coefficient (Wildman–Crippen LogP) is 3.36. The second-order valence-electron chi connectivity index (χ2n) is 7.67. The number of amides is 1. The molecule has 1 aliphatic rings. The van der Waals surface area contributed by atoms with Gasteiger partial charge in [0.05, 0.1) is 10.3 Å². The quantitative estimate of drug-likeness (QED) is 0.809. The average molecular weight is 401 g/mol. The topological polar surface area (TPSA) is 66.5 Å². The Hall–Kier alpha value is -2.18. The normalized spacial score (nSPS) is 20.6. The van der Waals surface area contributed by atoms with Crippen molar-refractivity contribution in [3.05, 3.63) is 65.7 Å². The predicted molar refractivity (Wildman–Crippen MR) is 110 cm³/mol. The number of hydrogen-bond acceptors (Lipinski definition) is 3. The third-order valence-corrected chi connectivity index (χ3v) is 7.33. The van der Waals surface area contributed by atoms with Crippen molar-refractivity contribution >= 4 is 15.9 Å². The van der Waals surface area contributed by atoms with E-state index >= 15 is 0 Å². The van der Waals surface area contributed by atoms with Gasteiger partial charge in [-0.15, -0.1) is 0 Å². The highest BCUT2D eigenvalue weighted by atomic mass is 32.2. The van der Waals surface area contributed by atoms with Crippen LogP contribution in [-0.4, -0.2) is 31.7 Å². The summed E-state index contributed by atoms with van der Waals surface area (Å²) in [4.78, 5) is 13.1. The summed E-state index contributed by atoms with van der Waals surface area (Å²) in [6.07, 6.45) is 2.21. The molecule has 28 heavy (non-hydrogen) atoms. The van der Waals surface area contributed by atoms with E-state index in [9.17, 15) is 13.2 Å². The van der Waals surface area contributed by atoms with Crippen LogP contribution in [0.3, 0.4) is 0 Å². The van der Waals surface area contributed by atoms with Crippen LogP contribution >= 0.6 is 0 Å². The molecule has 0 unspecified atom stereocenters. The molecule has 2 aromatic carbocycles. The van der Waals surface area contributed by atoms with Crippen molar-refractivity contribution < 1.29 is 13.2 Å². The van der Waals surface area contributed by atoms with Crippen molar-refractivity contribution in [2.24, 2.45) is 5.41 Å². The van der Waals surface area contributed by atoms with E-state index in [0.29, 0.717) is 30.8 Å². The van der Waals surface area contributed by atoms with Gasteiger partial charge in [-0.25, -0.2) is 8.42 Å². The summed E-state index contributed by atoms with van der Waals surface area (Å²) >= 11 is 0. The minimum atomic E-state index is -3.61. The van der Waals surface area contributed by atoms with E-state index in [1.807, 2.05) is 56.3 Å². The van der Waals surface area contributed by atoms with Gasteiger partial charge in [-0.1, -0.05) is 49.4 Å². The Labute approximate surface area is 167 Å². The third-order valence-electron chi connectivity index (χ3n) is 5.47. The first-order valence-corrected chi connectivity index (χ1v) is 11.2. The summed E-state index contributed by atoms with van der Waals surface area (Å²) in [5.74, 6) is -0.0995. The molecule has 2 aromatic rings. The fourth-order valence-electron chi connectivity index (χ4n) is 3.62. The number of carbonyl (C=O) groups excluding carboxylic acids is 1. The van der Waals surface area contributed by atoms with E-state index in [1.54, 1.807) is 12.1 Å². The molecule has 1 amide bonds. The first-order valence-electron chi connectivity index (χ1n) is 9.76. The van der Waals surface area contributed by atoms with Gasteiger partial charge in [-0.2, -0.15) is 4.31 Å². The standard InChI is InChI=1S/C22H28N2O3S/c1-3-18-10-12-20(13-11-18)28(26,27)24-15-7-14-22(2,17-24)21(25)23-16-19-8-5-4-6-9-19/h4-6,8-13H,3,7,14-17H2,1-2H3,(H,23,25)/t22-/m0/s1. The van der Waals surface area contributed by atoms with E-state index in [0.717, 1.165) is 17.5 Å². The molecule has 0 radical (unpaired) electrons. The van der Waals surface area contributed by atoms with Crippen molar-refractivity contribution in [1.29, 1.82) is 0 Å². The highest BCUT2D eigenvalue weighted by Crippen LogP contribution is 2.33. The molecule has 150 valence electrons.